The van der Waals surface area contributed by atoms with E-state index in [0.29, 0.717) is 12.6 Å². The van der Waals surface area contributed by atoms with E-state index in [1.165, 1.54) is 25.9 Å². The average molecular weight is 239 g/mol. The fourth-order valence-electron chi connectivity index (χ4n) is 2.23. The summed E-state index contributed by atoms with van der Waals surface area (Å²) in [6.07, 6.45) is 4.31. The van der Waals surface area contributed by atoms with E-state index in [9.17, 15) is 4.79 Å². The van der Waals surface area contributed by atoms with Crippen molar-refractivity contribution in [2.45, 2.75) is 38.8 Å². The van der Waals surface area contributed by atoms with Gasteiger partial charge in [0.05, 0.1) is 6.04 Å². The summed E-state index contributed by atoms with van der Waals surface area (Å²) in [5.41, 5.74) is 0. The Labute approximate surface area is 104 Å². The zero-order valence-electron chi connectivity index (χ0n) is 11.0. The Balaban J connectivity index is 2.21. The molecule has 0 saturated carbocycles. The molecule has 17 heavy (non-hydrogen) atoms. The van der Waals surface area contributed by atoms with Crippen molar-refractivity contribution in [3.05, 3.63) is 12.7 Å². The van der Waals surface area contributed by atoms with Crippen LogP contribution in [0.4, 0.5) is 0 Å². The minimum absolute atomic E-state index is 0.0400. The van der Waals surface area contributed by atoms with E-state index in [4.69, 9.17) is 0 Å². The third-order valence-electron chi connectivity index (χ3n) is 3.08. The fraction of sp³-hybridized carbons (Fsp3) is 0.769. The van der Waals surface area contributed by atoms with Crippen LogP contribution in [0.25, 0.3) is 0 Å². The molecule has 1 heterocycles. The molecule has 1 aliphatic rings. The highest BCUT2D eigenvalue weighted by molar-refractivity contribution is 5.81. The Kier molecular flexibility index (Phi) is 6.22. The summed E-state index contributed by atoms with van der Waals surface area (Å²) < 4.78 is 0. The molecule has 0 radical (unpaired) electrons. The highest BCUT2D eigenvalue weighted by Gasteiger charge is 2.18. The van der Waals surface area contributed by atoms with Crippen LogP contribution in [0.3, 0.4) is 0 Å². The molecule has 4 nitrogen and oxygen atoms in total. The van der Waals surface area contributed by atoms with Crippen molar-refractivity contribution in [1.82, 2.24) is 15.5 Å². The molecule has 1 saturated heterocycles. The zero-order valence-corrected chi connectivity index (χ0v) is 11.0. The third-order valence-corrected chi connectivity index (χ3v) is 3.08. The van der Waals surface area contributed by atoms with Gasteiger partial charge in [0.25, 0.3) is 0 Å². The van der Waals surface area contributed by atoms with Crippen molar-refractivity contribution >= 4 is 5.91 Å². The average Bonchev–Trinajstić information content (AvgIpc) is 2.78. The first-order valence-corrected chi connectivity index (χ1v) is 6.50. The van der Waals surface area contributed by atoms with E-state index < -0.39 is 0 Å². The molecule has 2 N–H and O–H groups in total. The van der Waals surface area contributed by atoms with Crippen LogP contribution in [0.5, 0.6) is 0 Å². The van der Waals surface area contributed by atoms with E-state index >= 15 is 0 Å². The first-order valence-electron chi connectivity index (χ1n) is 6.50. The molecular formula is C13H25N3O. The number of nitrogens with zero attached hydrogens (tertiary/aromatic N) is 1. The largest absolute Gasteiger partial charge is 0.351 e. The molecule has 98 valence electrons. The van der Waals surface area contributed by atoms with Crippen LogP contribution in [0.15, 0.2) is 12.7 Å². The number of carbonyl (C=O) groups is 1. The van der Waals surface area contributed by atoms with Gasteiger partial charge in [0, 0.05) is 19.1 Å². The topological polar surface area (TPSA) is 44.4 Å². The lowest BCUT2D eigenvalue weighted by Crippen LogP contribution is -2.48. The van der Waals surface area contributed by atoms with Crippen LogP contribution in [0.2, 0.25) is 0 Å². The molecule has 0 aromatic carbocycles. The van der Waals surface area contributed by atoms with Crippen LogP contribution in [0, 0.1) is 0 Å². The summed E-state index contributed by atoms with van der Waals surface area (Å²) in [5.74, 6) is 0.0400. The molecule has 0 aromatic rings. The number of rotatable bonds is 7. The Morgan fingerprint density at radius 3 is 2.65 bits per heavy atom. The molecule has 1 aliphatic heterocycles. The van der Waals surface area contributed by atoms with Gasteiger partial charge in [0.2, 0.25) is 5.91 Å². The van der Waals surface area contributed by atoms with Crippen molar-refractivity contribution in [2.75, 3.05) is 26.2 Å². The van der Waals surface area contributed by atoms with Gasteiger partial charge in [-0.05, 0) is 39.8 Å². The van der Waals surface area contributed by atoms with Crippen molar-refractivity contribution in [2.24, 2.45) is 0 Å². The first-order chi connectivity index (χ1) is 8.13. The van der Waals surface area contributed by atoms with Gasteiger partial charge in [-0.1, -0.05) is 6.08 Å². The number of likely N-dealkylation sites (tertiary alicyclic amines) is 1. The van der Waals surface area contributed by atoms with E-state index in [-0.39, 0.29) is 11.9 Å². The lowest BCUT2D eigenvalue weighted by atomic mass is 10.2. The van der Waals surface area contributed by atoms with Gasteiger partial charge in [-0.25, -0.2) is 0 Å². The van der Waals surface area contributed by atoms with E-state index in [0.717, 1.165) is 6.54 Å². The van der Waals surface area contributed by atoms with Gasteiger partial charge >= 0.3 is 0 Å². The quantitative estimate of drug-likeness (QED) is 0.644. The maximum Gasteiger partial charge on any atom is 0.237 e. The molecule has 2 unspecified atom stereocenters. The summed E-state index contributed by atoms with van der Waals surface area (Å²) in [7, 11) is 0. The molecule has 0 aliphatic carbocycles. The van der Waals surface area contributed by atoms with Crippen molar-refractivity contribution in [1.29, 1.82) is 0 Å². The summed E-state index contributed by atoms with van der Waals surface area (Å²) >= 11 is 0. The maximum absolute atomic E-state index is 11.6. The Hall–Kier alpha value is -0.870. The second-order valence-corrected chi connectivity index (χ2v) is 4.83. The monoisotopic (exact) mass is 239 g/mol. The second-order valence-electron chi connectivity index (χ2n) is 4.83. The van der Waals surface area contributed by atoms with Crippen molar-refractivity contribution < 1.29 is 4.79 Å². The molecule has 0 bridgehead atoms. The van der Waals surface area contributed by atoms with Gasteiger partial charge < -0.3 is 15.5 Å². The van der Waals surface area contributed by atoms with Gasteiger partial charge in [-0.3, -0.25) is 4.79 Å². The van der Waals surface area contributed by atoms with Crippen LogP contribution in [-0.2, 0) is 4.79 Å². The minimum atomic E-state index is -0.146. The summed E-state index contributed by atoms with van der Waals surface area (Å²) in [6.45, 7) is 11.6. The van der Waals surface area contributed by atoms with Gasteiger partial charge in [-0.15, -0.1) is 6.58 Å². The number of carbonyl (C=O) groups excluding carboxylic acids is 1. The lowest BCUT2D eigenvalue weighted by molar-refractivity contribution is -0.122. The van der Waals surface area contributed by atoms with Crippen molar-refractivity contribution in [3.8, 4) is 0 Å². The smallest absolute Gasteiger partial charge is 0.237 e. The molecule has 1 amide bonds. The molecule has 0 aromatic heterocycles. The van der Waals surface area contributed by atoms with Crippen LogP contribution in [-0.4, -0.2) is 49.1 Å². The van der Waals surface area contributed by atoms with Gasteiger partial charge in [0.15, 0.2) is 0 Å². The predicted molar refractivity (Wildman–Crippen MR) is 70.9 cm³/mol. The van der Waals surface area contributed by atoms with Crippen LogP contribution in [0.1, 0.15) is 26.7 Å². The molecule has 0 spiro atoms. The fourth-order valence-corrected chi connectivity index (χ4v) is 2.23. The maximum atomic E-state index is 11.6. The molecule has 1 fully saturated rings. The van der Waals surface area contributed by atoms with Crippen LogP contribution < -0.4 is 10.6 Å². The van der Waals surface area contributed by atoms with Crippen molar-refractivity contribution in [3.63, 3.8) is 0 Å². The standard InChI is InChI=1S/C13H25N3O/c1-4-7-14-13(17)12(3)15-11(2)10-16-8-5-6-9-16/h4,11-12,15H,1,5-10H2,2-3H3,(H,14,17). The van der Waals surface area contributed by atoms with Gasteiger partial charge in [0.1, 0.15) is 0 Å². The molecule has 2 atom stereocenters. The highest BCUT2D eigenvalue weighted by Crippen LogP contribution is 2.07. The predicted octanol–water partition coefficient (Wildman–Crippen LogP) is 0.751. The number of hydrogen-bond acceptors (Lipinski definition) is 3. The Bertz CT molecular complexity index is 249. The first kappa shape index (κ1) is 14.2. The minimum Gasteiger partial charge on any atom is -0.351 e. The van der Waals surface area contributed by atoms with E-state index in [1.807, 2.05) is 6.92 Å². The Morgan fingerprint density at radius 2 is 2.06 bits per heavy atom. The molecule has 4 heteroatoms. The van der Waals surface area contributed by atoms with Gasteiger partial charge in [-0.2, -0.15) is 0 Å². The highest BCUT2D eigenvalue weighted by atomic mass is 16.2. The van der Waals surface area contributed by atoms with E-state index in [1.54, 1.807) is 6.08 Å². The molecule has 1 rings (SSSR count). The number of nitrogens with one attached hydrogen (secondary N) is 2. The summed E-state index contributed by atoms with van der Waals surface area (Å²) in [4.78, 5) is 14.1. The van der Waals surface area contributed by atoms with Crippen LogP contribution >= 0.6 is 0 Å². The third kappa shape index (κ3) is 5.33. The molecular weight excluding hydrogens is 214 g/mol. The lowest BCUT2D eigenvalue weighted by Gasteiger charge is -2.24. The number of amides is 1. The number of hydrogen-bond donors (Lipinski definition) is 2. The second kappa shape index (κ2) is 7.45. The SMILES string of the molecule is C=CCNC(=O)C(C)NC(C)CN1CCCC1. The normalized spacial score (nSPS) is 19.9. The zero-order chi connectivity index (χ0) is 12.7. The van der Waals surface area contributed by atoms with E-state index in [2.05, 4.69) is 29.0 Å². The summed E-state index contributed by atoms with van der Waals surface area (Å²) in [5, 5.41) is 6.13. The Morgan fingerprint density at radius 1 is 1.41 bits per heavy atom. The summed E-state index contributed by atoms with van der Waals surface area (Å²) in [6, 6.07) is 0.199.